The van der Waals surface area contributed by atoms with Gasteiger partial charge < -0.3 is 15.4 Å². The summed E-state index contributed by atoms with van der Waals surface area (Å²) in [6.07, 6.45) is 4.44. The molecule has 25 heavy (non-hydrogen) atoms. The molecule has 6 heteroatoms. The summed E-state index contributed by atoms with van der Waals surface area (Å²) in [6.45, 7) is 3.12. The molecule has 1 aromatic carbocycles. The van der Waals surface area contributed by atoms with Crippen LogP contribution in [0.25, 0.3) is 0 Å². The molecule has 0 spiro atoms. The van der Waals surface area contributed by atoms with Crippen LogP contribution in [0.4, 0.5) is 5.69 Å². The molecule has 0 fully saturated rings. The van der Waals surface area contributed by atoms with Crippen LogP contribution in [-0.4, -0.2) is 37.1 Å². The molecule has 0 saturated carbocycles. The number of amides is 2. The quantitative estimate of drug-likeness (QED) is 0.724. The SMILES string of the molecule is CCc1ccccc1NC(=O)c1cncc(C(=O)NCCCOC)c1. The lowest BCUT2D eigenvalue weighted by molar-refractivity contribution is 0.0948. The molecular weight excluding hydrogens is 318 g/mol. The van der Waals surface area contributed by atoms with Crippen molar-refractivity contribution in [3.8, 4) is 0 Å². The minimum absolute atomic E-state index is 0.257. The fourth-order valence-corrected chi connectivity index (χ4v) is 2.35. The Labute approximate surface area is 147 Å². The zero-order chi connectivity index (χ0) is 18.1. The molecule has 1 aromatic heterocycles. The Morgan fingerprint density at radius 2 is 1.84 bits per heavy atom. The van der Waals surface area contributed by atoms with Crippen molar-refractivity contribution in [1.29, 1.82) is 0 Å². The van der Waals surface area contributed by atoms with Gasteiger partial charge >= 0.3 is 0 Å². The second-order valence-corrected chi connectivity index (χ2v) is 5.53. The summed E-state index contributed by atoms with van der Waals surface area (Å²) >= 11 is 0. The highest BCUT2D eigenvalue weighted by atomic mass is 16.5. The average molecular weight is 341 g/mol. The molecule has 0 radical (unpaired) electrons. The molecular formula is C19H23N3O3. The van der Waals surface area contributed by atoms with Gasteiger partial charge in [-0.1, -0.05) is 25.1 Å². The highest BCUT2D eigenvalue weighted by Crippen LogP contribution is 2.16. The van der Waals surface area contributed by atoms with Crippen molar-refractivity contribution < 1.29 is 14.3 Å². The van der Waals surface area contributed by atoms with Crippen LogP contribution in [0.5, 0.6) is 0 Å². The van der Waals surface area contributed by atoms with Gasteiger partial charge in [0.05, 0.1) is 11.1 Å². The van der Waals surface area contributed by atoms with Crippen LogP contribution in [0.3, 0.4) is 0 Å². The molecule has 0 unspecified atom stereocenters. The average Bonchev–Trinajstić information content (AvgIpc) is 2.65. The van der Waals surface area contributed by atoms with Crippen LogP contribution in [0.15, 0.2) is 42.7 Å². The van der Waals surface area contributed by atoms with Gasteiger partial charge in [0, 0.05) is 38.3 Å². The van der Waals surface area contributed by atoms with Crippen LogP contribution in [-0.2, 0) is 11.2 Å². The number of rotatable bonds is 8. The maximum atomic E-state index is 12.5. The third kappa shape index (κ3) is 5.39. The first-order valence-electron chi connectivity index (χ1n) is 8.27. The van der Waals surface area contributed by atoms with Crippen molar-refractivity contribution >= 4 is 17.5 Å². The predicted octanol–water partition coefficient (Wildman–Crippen LogP) is 2.66. The number of nitrogens with one attached hydrogen (secondary N) is 2. The van der Waals surface area contributed by atoms with Crippen molar-refractivity contribution in [2.75, 3.05) is 25.6 Å². The molecule has 0 aliphatic rings. The largest absolute Gasteiger partial charge is 0.385 e. The molecule has 2 rings (SSSR count). The number of aromatic nitrogens is 1. The number of para-hydroxylation sites is 1. The maximum absolute atomic E-state index is 12.5. The van der Waals surface area contributed by atoms with Gasteiger partial charge in [-0.15, -0.1) is 0 Å². The van der Waals surface area contributed by atoms with E-state index in [-0.39, 0.29) is 11.8 Å². The number of anilines is 1. The molecule has 0 atom stereocenters. The van der Waals surface area contributed by atoms with Gasteiger partial charge in [-0.05, 0) is 30.5 Å². The number of hydrogen-bond acceptors (Lipinski definition) is 4. The van der Waals surface area contributed by atoms with E-state index in [0.29, 0.717) is 24.3 Å². The van der Waals surface area contributed by atoms with Crippen LogP contribution >= 0.6 is 0 Å². The Morgan fingerprint density at radius 1 is 1.12 bits per heavy atom. The zero-order valence-electron chi connectivity index (χ0n) is 14.5. The van der Waals surface area contributed by atoms with Crippen LogP contribution < -0.4 is 10.6 Å². The number of pyridine rings is 1. The first-order valence-corrected chi connectivity index (χ1v) is 8.27. The third-order valence-corrected chi connectivity index (χ3v) is 3.72. The molecule has 2 N–H and O–H groups in total. The Morgan fingerprint density at radius 3 is 2.56 bits per heavy atom. The van der Waals surface area contributed by atoms with E-state index < -0.39 is 0 Å². The van der Waals surface area contributed by atoms with E-state index >= 15 is 0 Å². The number of carbonyl (C=O) groups is 2. The lowest BCUT2D eigenvalue weighted by Gasteiger charge is -2.10. The summed E-state index contributed by atoms with van der Waals surface area (Å²) in [5.41, 5.74) is 2.52. The van der Waals surface area contributed by atoms with E-state index in [9.17, 15) is 9.59 Å². The van der Waals surface area contributed by atoms with Crippen molar-refractivity contribution in [1.82, 2.24) is 10.3 Å². The maximum Gasteiger partial charge on any atom is 0.257 e. The lowest BCUT2D eigenvalue weighted by Crippen LogP contribution is -2.25. The van der Waals surface area contributed by atoms with Gasteiger partial charge in [0.25, 0.3) is 11.8 Å². The van der Waals surface area contributed by atoms with Crippen LogP contribution in [0.1, 0.15) is 39.6 Å². The van der Waals surface area contributed by atoms with Gasteiger partial charge in [0.2, 0.25) is 0 Å². The number of methoxy groups -OCH3 is 1. The molecule has 1 heterocycles. The van der Waals surface area contributed by atoms with Crippen molar-refractivity contribution in [2.24, 2.45) is 0 Å². The van der Waals surface area contributed by atoms with E-state index in [1.807, 2.05) is 31.2 Å². The number of aryl methyl sites for hydroxylation is 1. The molecule has 2 amide bonds. The summed E-state index contributed by atoms with van der Waals surface area (Å²) in [7, 11) is 1.62. The summed E-state index contributed by atoms with van der Waals surface area (Å²) in [5.74, 6) is -0.547. The fraction of sp³-hybridized carbons (Fsp3) is 0.316. The smallest absolute Gasteiger partial charge is 0.257 e. The highest BCUT2D eigenvalue weighted by Gasteiger charge is 2.12. The zero-order valence-corrected chi connectivity index (χ0v) is 14.5. The third-order valence-electron chi connectivity index (χ3n) is 3.72. The van der Waals surface area contributed by atoms with Crippen molar-refractivity contribution in [3.05, 3.63) is 59.4 Å². The van der Waals surface area contributed by atoms with Crippen LogP contribution in [0.2, 0.25) is 0 Å². The first kappa shape index (κ1) is 18.6. The number of benzene rings is 1. The molecule has 0 saturated heterocycles. The van der Waals surface area contributed by atoms with Crippen molar-refractivity contribution in [2.45, 2.75) is 19.8 Å². The fourth-order valence-electron chi connectivity index (χ4n) is 2.35. The van der Waals surface area contributed by atoms with E-state index in [1.165, 1.54) is 12.4 Å². The Kier molecular flexibility index (Phi) is 7.10. The topological polar surface area (TPSA) is 80.3 Å². The Balaban J connectivity index is 2.04. The highest BCUT2D eigenvalue weighted by molar-refractivity contribution is 6.06. The summed E-state index contributed by atoms with van der Waals surface area (Å²) in [6, 6.07) is 9.18. The van der Waals surface area contributed by atoms with E-state index in [0.717, 1.165) is 24.1 Å². The lowest BCUT2D eigenvalue weighted by atomic mass is 10.1. The molecule has 132 valence electrons. The first-order chi connectivity index (χ1) is 12.2. The van der Waals surface area contributed by atoms with Gasteiger partial charge in [-0.2, -0.15) is 0 Å². The standard InChI is InChI=1S/C19H23N3O3/c1-3-14-7-4-5-8-17(14)22-19(24)16-11-15(12-20-13-16)18(23)21-9-6-10-25-2/h4-5,7-8,11-13H,3,6,9-10H2,1-2H3,(H,21,23)(H,22,24). The number of carbonyl (C=O) groups excluding carboxylic acids is 2. The predicted molar refractivity (Wildman–Crippen MR) is 96.8 cm³/mol. The summed E-state index contributed by atoms with van der Waals surface area (Å²) in [4.78, 5) is 28.6. The van der Waals surface area contributed by atoms with Crippen molar-refractivity contribution in [3.63, 3.8) is 0 Å². The molecule has 0 aliphatic carbocycles. The van der Waals surface area contributed by atoms with Crippen LogP contribution in [0, 0.1) is 0 Å². The van der Waals surface area contributed by atoms with E-state index in [1.54, 1.807) is 13.2 Å². The Hall–Kier alpha value is -2.73. The summed E-state index contributed by atoms with van der Waals surface area (Å²) in [5, 5.41) is 5.65. The molecule has 0 bridgehead atoms. The molecule has 0 aliphatic heterocycles. The Bertz CT molecular complexity index is 731. The van der Waals surface area contributed by atoms with E-state index in [4.69, 9.17) is 4.74 Å². The molecule has 6 nitrogen and oxygen atoms in total. The van der Waals surface area contributed by atoms with Gasteiger partial charge in [0.15, 0.2) is 0 Å². The number of ether oxygens (including phenoxy) is 1. The van der Waals surface area contributed by atoms with Gasteiger partial charge in [0.1, 0.15) is 0 Å². The number of hydrogen-bond donors (Lipinski definition) is 2. The number of nitrogens with zero attached hydrogens (tertiary/aromatic N) is 1. The normalized spacial score (nSPS) is 10.3. The minimum atomic E-state index is -0.289. The van der Waals surface area contributed by atoms with E-state index in [2.05, 4.69) is 15.6 Å². The summed E-state index contributed by atoms with van der Waals surface area (Å²) < 4.78 is 4.94. The minimum Gasteiger partial charge on any atom is -0.385 e. The second-order valence-electron chi connectivity index (χ2n) is 5.53. The van der Waals surface area contributed by atoms with Gasteiger partial charge in [-0.25, -0.2) is 0 Å². The molecule has 2 aromatic rings. The second kappa shape index (κ2) is 9.54. The van der Waals surface area contributed by atoms with Gasteiger partial charge in [-0.3, -0.25) is 14.6 Å². The monoisotopic (exact) mass is 341 g/mol.